The van der Waals surface area contributed by atoms with Gasteiger partial charge in [-0.15, -0.1) is 0 Å². The zero-order valence-corrected chi connectivity index (χ0v) is 19.5. The van der Waals surface area contributed by atoms with E-state index in [1.165, 1.54) is 16.7 Å². The molecule has 2 atom stereocenters. The van der Waals surface area contributed by atoms with Crippen molar-refractivity contribution in [2.24, 2.45) is 0 Å². The van der Waals surface area contributed by atoms with Gasteiger partial charge < -0.3 is 34.6 Å². The van der Waals surface area contributed by atoms with Crippen molar-refractivity contribution in [1.82, 2.24) is 0 Å². The first-order chi connectivity index (χ1) is 14.8. The molecule has 32 heavy (non-hydrogen) atoms. The molecule has 0 aromatic heterocycles. The standard InChI is InChI=1S/C14H20O3.C11H16O3.H2O/c1-11-4-6-12(7-5-11)8-15-9-13-10-16-14(2,3)17-13;1-9-2-4-10(5-3-9)7-14-8-11(13)6-12;/h4-7,13H,8-10H2,1-3H3;2-5,11-13H,6-8H2,1H3;1H2. The Labute approximate surface area is 191 Å². The second kappa shape index (κ2) is 14.3. The van der Waals surface area contributed by atoms with Gasteiger partial charge in [-0.1, -0.05) is 59.7 Å². The minimum atomic E-state index is -0.777. The molecule has 1 fully saturated rings. The molecule has 0 radical (unpaired) electrons. The van der Waals surface area contributed by atoms with Gasteiger partial charge in [0, 0.05) is 0 Å². The molecule has 1 heterocycles. The van der Waals surface area contributed by atoms with Crippen molar-refractivity contribution in [3.63, 3.8) is 0 Å². The molecule has 0 bridgehead atoms. The predicted molar refractivity (Wildman–Crippen MR) is 123 cm³/mol. The smallest absolute Gasteiger partial charge is 0.163 e. The van der Waals surface area contributed by atoms with Gasteiger partial charge in [-0.05, 0) is 38.8 Å². The summed E-state index contributed by atoms with van der Waals surface area (Å²) >= 11 is 0. The van der Waals surface area contributed by atoms with Crippen molar-refractivity contribution >= 4 is 0 Å². The fourth-order valence-corrected chi connectivity index (χ4v) is 2.89. The summed E-state index contributed by atoms with van der Waals surface area (Å²) in [7, 11) is 0. The summed E-state index contributed by atoms with van der Waals surface area (Å²) in [4.78, 5) is 0. The van der Waals surface area contributed by atoms with Crippen LogP contribution in [0.3, 0.4) is 0 Å². The van der Waals surface area contributed by atoms with Crippen molar-refractivity contribution in [2.75, 3.05) is 26.4 Å². The van der Waals surface area contributed by atoms with E-state index >= 15 is 0 Å². The lowest BCUT2D eigenvalue weighted by molar-refractivity contribution is -0.145. The molecule has 3 rings (SSSR count). The lowest BCUT2D eigenvalue weighted by Gasteiger charge is -2.17. The number of rotatable bonds is 9. The molecular weight excluding hydrogens is 412 g/mol. The van der Waals surface area contributed by atoms with Crippen LogP contribution in [0.1, 0.15) is 36.1 Å². The van der Waals surface area contributed by atoms with Gasteiger partial charge in [-0.2, -0.15) is 0 Å². The Hall–Kier alpha value is -1.84. The molecule has 0 saturated carbocycles. The quantitative estimate of drug-likeness (QED) is 0.608. The van der Waals surface area contributed by atoms with Gasteiger partial charge in [-0.3, -0.25) is 0 Å². The highest BCUT2D eigenvalue weighted by Gasteiger charge is 2.32. The normalized spacial score (nSPS) is 17.8. The Kier molecular flexibility index (Phi) is 12.6. The van der Waals surface area contributed by atoms with Crippen LogP contribution in [0.2, 0.25) is 0 Å². The fraction of sp³-hybridized carbons (Fsp3) is 0.520. The molecule has 2 aromatic rings. The molecule has 0 amide bonds. The number of benzene rings is 2. The van der Waals surface area contributed by atoms with E-state index in [1.807, 2.05) is 45.0 Å². The van der Waals surface area contributed by atoms with Crippen molar-refractivity contribution in [3.8, 4) is 0 Å². The summed E-state index contributed by atoms with van der Waals surface area (Å²) in [5.41, 5.74) is 4.74. The Balaban J connectivity index is 0.000000316. The first-order valence-corrected chi connectivity index (χ1v) is 10.6. The second-order valence-corrected chi connectivity index (χ2v) is 8.29. The van der Waals surface area contributed by atoms with Crippen molar-refractivity contribution in [3.05, 3.63) is 70.8 Å². The Morgan fingerprint density at radius 3 is 1.88 bits per heavy atom. The zero-order valence-electron chi connectivity index (χ0n) is 19.5. The highest BCUT2D eigenvalue weighted by molar-refractivity contribution is 5.21. The Bertz CT molecular complexity index is 744. The predicted octanol–water partition coefficient (Wildman–Crippen LogP) is 2.70. The lowest BCUT2D eigenvalue weighted by atomic mass is 10.2. The van der Waals surface area contributed by atoms with Crippen LogP contribution >= 0.6 is 0 Å². The summed E-state index contributed by atoms with van der Waals surface area (Å²) in [5, 5.41) is 17.5. The van der Waals surface area contributed by atoms with Gasteiger partial charge in [0.15, 0.2) is 5.79 Å². The van der Waals surface area contributed by atoms with E-state index in [0.29, 0.717) is 26.4 Å². The number of aliphatic hydroxyl groups is 2. The van der Waals surface area contributed by atoms with Gasteiger partial charge >= 0.3 is 0 Å². The molecule has 7 heteroatoms. The van der Waals surface area contributed by atoms with Crippen molar-refractivity contribution < 1.29 is 34.6 Å². The van der Waals surface area contributed by atoms with Crippen LogP contribution in [0.15, 0.2) is 48.5 Å². The summed E-state index contributed by atoms with van der Waals surface area (Å²) in [5.74, 6) is -0.460. The van der Waals surface area contributed by atoms with Crippen molar-refractivity contribution in [2.45, 2.75) is 58.9 Å². The molecule has 2 unspecified atom stereocenters. The van der Waals surface area contributed by atoms with Crippen LogP contribution in [0.5, 0.6) is 0 Å². The molecule has 7 nitrogen and oxygen atoms in total. The highest BCUT2D eigenvalue weighted by Crippen LogP contribution is 2.22. The van der Waals surface area contributed by atoms with Crippen molar-refractivity contribution in [1.29, 1.82) is 0 Å². The van der Waals surface area contributed by atoms with E-state index < -0.39 is 11.9 Å². The van der Waals surface area contributed by atoms with Crippen LogP contribution < -0.4 is 0 Å². The average molecular weight is 451 g/mol. The first kappa shape index (κ1) is 28.2. The van der Waals surface area contributed by atoms with Gasteiger partial charge in [-0.25, -0.2) is 0 Å². The molecule has 1 aliphatic rings. The number of hydrogen-bond acceptors (Lipinski definition) is 6. The van der Waals surface area contributed by atoms with E-state index in [1.54, 1.807) is 0 Å². The SMILES string of the molecule is Cc1ccc(COCC(O)CO)cc1.Cc1ccc(COCC2COC(C)(C)O2)cc1.O. The number of aliphatic hydroxyl groups excluding tert-OH is 2. The van der Waals surface area contributed by atoms with Crippen LogP contribution in [-0.4, -0.2) is 60.1 Å². The number of ether oxygens (including phenoxy) is 4. The van der Waals surface area contributed by atoms with Gasteiger partial charge in [0.2, 0.25) is 0 Å². The van der Waals surface area contributed by atoms with E-state index in [-0.39, 0.29) is 24.8 Å². The second-order valence-electron chi connectivity index (χ2n) is 8.29. The summed E-state index contributed by atoms with van der Waals surface area (Å²) < 4.78 is 22.0. The number of aryl methyl sites for hydroxylation is 2. The Morgan fingerprint density at radius 1 is 0.938 bits per heavy atom. The largest absolute Gasteiger partial charge is 0.412 e. The van der Waals surface area contributed by atoms with Crippen LogP contribution in [0.25, 0.3) is 0 Å². The maximum absolute atomic E-state index is 9.01. The Morgan fingerprint density at radius 2 is 1.44 bits per heavy atom. The fourth-order valence-electron chi connectivity index (χ4n) is 2.89. The van der Waals surface area contributed by atoms with E-state index in [9.17, 15) is 0 Å². The molecule has 0 aliphatic carbocycles. The lowest BCUT2D eigenvalue weighted by Crippen LogP contribution is -2.24. The van der Waals surface area contributed by atoms with Crippen LogP contribution in [0, 0.1) is 13.8 Å². The third-order valence-electron chi connectivity index (χ3n) is 4.67. The maximum Gasteiger partial charge on any atom is 0.163 e. The molecular formula is C25H38O7. The first-order valence-electron chi connectivity index (χ1n) is 10.6. The van der Waals surface area contributed by atoms with Gasteiger partial charge in [0.25, 0.3) is 0 Å². The van der Waals surface area contributed by atoms with Crippen LogP contribution in [-0.2, 0) is 32.2 Å². The minimum absolute atomic E-state index is 0. The minimum Gasteiger partial charge on any atom is -0.412 e. The van der Waals surface area contributed by atoms with E-state index in [2.05, 4.69) is 31.2 Å². The average Bonchev–Trinajstić information content (AvgIpc) is 3.10. The molecule has 180 valence electrons. The highest BCUT2D eigenvalue weighted by atomic mass is 16.7. The molecule has 1 aliphatic heterocycles. The van der Waals surface area contributed by atoms with E-state index in [0.717, 1.165) is 5.56 Å². The zero-order chi connectivity index (χ0) is 22.7. The summed E-state index contributed by atoms with van der Waals surface area (Å²) in [6.45, 7) is 10.2. The van der Waals surface area contributed by atoms with Gasteiger partial charge in [0.05, 0.1) is 39.6 Å². The monoisotopic (exact) mass is 450 g/mol. The molecule has 2 aromatic carbocycles. The molecule has 4 N–H and O–H groups in total. The summed E-state index contributed by atoms with van der Waals surface area (Å²) in [6.07, 6.45) is -0.726. The summed E-state index contributed by atoms with van der Waals surface area (Å²) in [6, 6.07) is 16.4. The maximum atomic E-state index is 9.01. The third kappa shape index (κ3) is 11.2. The molecule has 1 saturated heterocycles. The van der Waals surface area contributed by atoms with Gasteiger partial charge in [0.1, 0.15) is 12.2 Å². The van der Waals surface area contributed by atoms with E-state index in [4.69, 9.17) is 29.2 Å². The molecule has 0 spiro atoms. The third-order valence-corrected chi connectivity index (χ3v) is 4.67. The number of hydrogen-bond donors (Lipinski definition) is 2. The topological polar surface area (TPSA) is 109 Å². The van der Waals surface area contributed by atoms with Crippen LogP contribution in [0.4, 0.5) is 0 Å².